The molecule has 1 heterocycles. The number of nitrogens with one attached hydrogen (secondary N) is 2. The summed E-state index contributed by atoms with van der Waals surface area (Å²) in [4.78, 5) is 26.0. The van der Waals surface area contributed by atoms with Gasteiger partial charge in [-0.25, -0.2) is 9.18 Å². The Balaban J connectivity index is 2.35. The fourth-order valence-electron chi connectivity index (χ4n) is 2.08. The summed E-state index contributed by atoms with van der Waals surface area (Å²) < 4.78 is 13.6. The van der Waals surface area contributed by atoms with Gasteiger partial charge in [0.05, 0.1) is 11.3 Å². The molecule has 0 radical (unpaired) electrons. The molecule has 0 aliphatic rings. The molecule has 3 N–H and O–H groups in total. The Labute approximate surface area is 133 Å². The lowest BCUT2D eigenvalue weighted by Crippen LogP contribution is -2.14. The summed E-state index contributed by atoms with van der Waals surface area (Å²) >= 11 is 1.92. The predicted octanol–water partition coefficient (Wildman–Crippen LogP) is 3.33. The molecule has 1 aromatic carbocycles. The number of benzene rings is 1. The molecular formula is C14H12FIN2O3. The molecule has 0 aliphatic carbocycles. The van der Waals surface area contributed by atoms with Crippen molar-refractivity contribution in [3.8, 4) is 0 Å². The lowest BCUT2D eigenvalue weighted by atomic mass is 10.1. The largest absolute Gasteiger partial charge is 0.477 e. The molecule has 110 valence electrons. The highest BCUT2D eigenvalue weighted by Crippen LogP contribution is 2.23. The van der Waals surface area contributed by atoms with E-state index in [1.165, 1.54) is 18.2 Å². The maximum atomic E-state index is 13.0. The zero-order valence-electron chi connectivity index (χ0n) is 11.3. The van der Waals surface area contributed by atoms with Crippen molar-refractivity contribution in [3.05, 3.63) is 50.1 Å². The lowest BCUT2D eigenvalue weighted by Gasteiger charge is -2.08. The Morgan fingerprint density at radius 1 is 1.33 bits per heavy atom. The monoisotopic (exact) mass is 402 g/mol. The number of halogens is 2. The molecule has 0 aliphatic heterocycles. The van der Waals surface area contributed by atoms with Crippen LogP contribution in [0.1, 0.15) is 32.1 Å². The number of carboxylic acid groups (broad SMARTS) is 1. The molecule has 7 heteroatoms. The van der Waals surface area contributed by atoms with Gasteiger partial charge in [-0.1, -0.05) is 0 Å². The highest BCUT2D eigenvalue weighted by molar-refractivity contribution is 14.1. The average Bonchev–Trinajstić information content (AvgIpc) is 2.68. The van der Waals surface area contributed by atoms with E-state index in [4.69, 9.17) is 5.11 Å². The highest BCUT2D eigenvalue weighted by Gasteiger charge is 2.22. The molecule has 0 spiro atoms. The summed E-state index contributed by atoms with van der Waals surface area (Å²) in [5, 5.41) is 11.7. The van der Waals surface area contributed by atoms with Crippen molar-refractivity contribution in [3.63, 3.8) is 0 Å². The van der Waals surface area contributed by atoms with Crippen molar-refractivity contribution < 1.29 is 19.1 Å². The summed E-state index contributed by atoms with van der Waals surface area (Å²) in [5.41, 5.74) is 1.59. The number of rotatable bonds is 3. The molecule has 5 nitrogen and oxygen atoms in total. The second kappa shape index (κ2) is 5.84. The van der Waals surface area contributed by atoms with Crippen LogP contribution < -0.4 is 5.32 Å². The molecule has 0 bridgehead atoms. The van der Waals surface area contributed by atoms with E-state index in [9.17, 15) is 14.0 Å². The number of carboxylic acids is 1. The zero-order valence-corrected chi connectivity index (χ0v) is 13.4. The topological polar surface area (TPSA) is 82.2 Å². The number of H-pyrrole nitrogens is 1. The van der Waals surface area contributed by atoms with Crippen molar-refractivity contribution in [2.45, 2.75) is 13.8 Å². The summed E-state index contributed by atoms with van der Waals surface area (Å²) in [7, 11) is 0. The van der Waals surface area contributed by atoms with Crippen LogP contribution in [-0.4, -0.2) is 22.0 Å². The minimum absolute atomic E-state index is 0.00791. The number of aryl methyl sites for hydroxylation is 1. The Bertz CT molecular complexity index is 740. The minimum Gasteiger partial charge on any atom is -0.477 e. The van der Waals surface area contributed by atoms with Crippen molar-refractivity contribution >= 4 is 40.2 Å². The third kappa shape index (κ3) is 3.07. The standard InChI is InChI=1S/C14H12FIN2O3/c1-6-11(7(2)17-12(6)14(20)21)13(19)18-10-4-3-8(15)5-9(10)16/h3-5,17H,1-2H3,(H,18,19)(H,20,21). The fourth-order valence-corrected chi connectivity index (χ4v) is 2.69. The van der Waals surface area contributed by atoms with Crippen molar-refractivity contribution in [1.82, 2.24) is 4.98 Å². The first-order valence-corrected chi connectivity index (χ1v) is 7.08. The molecule has 0 saturated heterocycles. The number of aromatic amines is 1. The maximum Gasteiger partial charge on any atom is 0.352 e. The molecule has 0 saturated carbocycles. The van der Waals surface area contributed by atoms with Crippen LogP contribution in [0.15, 0.2) is 18.2 Å². The van der Waals surface area contributed by atoms with E-state index in [2.05, 4.69) is 10.3 Å². The molecule has 1 aromatic heterocycles. The third-order valence-electron chi connectivity index (χ3n) is 3.06. The lowest BCUT2D eigenvalue weighted by molar-refractivity contribution is 0.0690. The number of anilines is 1. The van der Waals surface area contributed by atoms with Gasteiger partial charge in [-0.2, -0.15) is 0 Å². The molecule has 2 rings (SSSR count). The van der Waals surface area contributed by atoms with Gasteiger partial charge in [-0.15, -0.1) is 0 Å². The first-order chi connectivity index (χ1) is 9.81. The Hall–Kier alpha value is -1.90. The summed E-state index contributed by atoms with van der Waals surface area (Å²) in [6.45, 7) is 3.20. The Kier molecular flexibility index (Phi) is 4.31. The number of hydrogen-bond donors (Lipinski definition) is 3. The molecule has 21 heavy (non-hydrogen) atoms. The van der Waals surface area contributed by atoms with Crippen LogP contribution in [-0.2, 0) is 0 Å². The summed E-state index contributed by atoms with van der Waals surface area (Å²) in [6, 6.07) is 4.01. The van der Waals surface area contributed by atoms with Crippen LogP contribution in [0.3, 0.4) is 0 Å². The number of aromatic nitrogens is 1. The van der Waals surface area contributed by atoms with Crippen molar-refractivity contribution in [1.29, 1.82) is 0 Å². The van der Waals surface area contributed by atoms with Crippen LogP contribution >= 0.6 is 22.6 Å². The molecule has 2 aromatic rings. The quantitative estimate of drug-likeness (QED) is 0.689. The van der Waals surface area contributed by atoms with Gasteiger partial charge in [-0.05, 0) is 60.2 Å². The number of carbonyl (C=O) groups is 2. The first-order valence-electron chi connectivity index (χ1n) is 6.00. The minimum atomic E-state index is -1.12. The van der Waals surface area contributed by atoms with Crippen LogP contribution in [0.2, 0.25) is 0 Å². The second-order valence-electron chi connectivity index (χ2n) is 4.51. The predicted molar refractivity (Wildman–Crippen MR) is 84.3 cm³/mol. The van der Waals surface area contributed by atoms with E-state index in [0.29, 0.717) is 20.5 Å². The summed E-state index contributed by atoms with van der Waals surface area (Å²) in [6.07, 6.45) is 0. The molecule has 1 amide bonds. The third-order valence-corrected chi connectivity index (χ3v) is 3.95. The van der Waals surface area contributed by atoms with Gasteiger partial charge in [0.1, 0.15) is 11.5 Å². The molecule has 0 unspecified atom stereocenters. The average molecular weight is 402 g/mol. The summed E-state index contributed by atoms with van der Waals surface area (Å²) in [5.74, 6) is -1.94. The van der Waals surface area contributed by atoms with Crippen LogP contribution in [0.5, 0.6) is 0 Å². The Morgan fingerprint density at radius 2 is 2.00 bits per heavy atom. The fraction of sp³-hybridized carbons (Fsp3) is 0.143. The van der Waals surface area contributed by atoms with Crippen molar-refractivity contribution in [2.24, 2.45) is 0 Å². The smallest absolute Gasteiger partial charge is 0.352 e. The number of hydrogen-bond acceptors (Lipinski definition) is 2. The van der Waals surface area contributed by atoms with Gasteiger partial charge in [0, 0.05) is 9.26 Å². The van der Waals surface area contributed by atoms with Crippen LogP contribution in [0, 0.1) is 23.2 Å². The SMILES string of the molecule is Cc1[nH]c(C(=O)O)c(C)c1C(=O)Nc1ccc(F)cc1I. The van der Waals surface area contributed by atoms with E-state index < -0.39 is 11.9 Å². The van der Waals surface area contributed by atoms with E-state index in [1.54, 1.807) is 13.8 Å². The van der Waals surface area contributed by atoms with E-state index in [1.807, 2.05) is 22.6 Å². The van der Waals surface area contributed by atoms with Gasteiger partial charge in [0.15, 0.2) is 0 Å². The van der Waals surface area contributed by atoms with E-state index in [0.717, 1.165) is 0 Å². The van der Waals surface area contributed by atoms with Gasteiger partial charge in [0.2, 0.25) is 0 Å². The van der Waals surface area contributed by atoms with E-state index >= 15 is 0 Å². The van der Waals surface area contributed by atoms with Gasteiger partial charge < -0.3 is 15.4 Å². The van der Waals surface area contributed by atoms with Gasteiger partial charge >= 0.3 is 5.97 Å². The normalized spacial score (nSPS) is 10.5. The Morgan fingerprint density at radius 3 is 2.52 bits per heavy atom. The van der Waals surface area contributed by atoms with Crippen LogP contribution in [0.4, 0.5) is 10.1 Å². The number of amides is 1. The molecular weight excluding hydrogens is 390 g/mol. The van der Waals surface area contributed by atoms with Crippen LogP contribution in [0.25, 0.3) is 0 Å². The number of aromatic carboxylic acids is 1. The zero-order chi connectivity index (χ0) is 15.7. The second-order valence-corrected chi connectivity index (χ2v) is 5.67. The molecule has 0 atom stereocenters. The van der Waals surface area contributed by atoms with Gasteiger partial charge in [-0.3, -0.25) is 4.79 Å². The van der Waals surface area contributed by atoms with Gasteiger partial charge in [0.25, 0.3) is 5.91 Å². The highest BCUT2D eigenvalue weighted by atomic mass is 127. The first kappa shape index (κ1) is 15.5. The number of carbonyl (C=O) groups excluding carboxylic acids is 1. The van der Waals surface area contributed by atoms with Crippen molar-refractivity contribution in [2.75, 3.05) is 5.32 Å². The molecule has 0 fully saturated rings. The van der Waals surface area contributed by atoms with E-state index in [-0.39, 0.29) is 17.1 Å². The maximum absolute atomic E-state index is 13.0.